The summed E-state index contributed by atoms with van der Waals surface area (Å²) >= 11 is 0. The van der Waals surface area contributed by atoms with Crippen molar-refractivity contribution in [2.45, 2.75) is 13.5 Å². The van der Waals surface area contributed by atoms with Gasteiger partial charge in [-0.25, -0.2) is 4.79 Å². The molecular weight excluding hydrogens is 320 g/mol. The lowest BCUT2D eigenvalue weighted by Crippen LogP contribution is -2.28. The van der Waals surface area contributed by atoms with Gasteiger partial charge in [0.2, 0.25) is 5.89 Å². The number of nitrogens with zero attached hydrogens (tertiary/aromatic N) is 2. The molecule has 7 nitrogen and oxygen atoms in total. The normalized spacial score (nSPS) is 10.3. The predicted octanol–water partition coefficient (Wildman–Crippen LogP) is 3.38. The summed E-state index contributed by atoms with van der Waals surface area (Å²) in [6, 6.07) is 14.9. The molecule has 0 saturated carbocycles. The fourth-order valence-corrected chi connectivity index (χ4v) is 2.39. The van der Waals surface area contributed by atoms with Crippen molar-refractivity contribution in [1.29, 1.82) is 0 Å². The smallest absolute Gasteiger partial charge is 0.319 e. The molecule has 1 aromatic heterocycles. The van der Waals surface area contributed by atoms with Gasteiger partial charge in [0.05, 0.1) is 13.7 Å². The van der Waals surface area contributed by atoms with Crippen LogP contribution < -0.4 is 15.4 Å². The Kier molecular flexibility index (Phi) is 4.94. The molecule has 0 unspecified atom stereocenters. The van der Waals surface area contributed by atoms with Gasteiger partial charge >= 0.3 is 6.03 Å². The van der Waals surface area contributed by atoms with E-state index in [1.54, 1.807) is 14.0 Å². The highest BCUT2D eigenvalue weighted by Gasteiger charge is 2.08. The zero-order valence-corrected chi connectivity index (χ0v) is 13.9. The molecule has 0 saturated heterocycles. The van der Waals surface area contributed by atoms with Crippen LogP contribution in [0.3, 0.4) is 0 Å². The SMILES string of the molecule is COc1ccccc1-c1cccc(NC(=O)NCc2nc(C)no2)c1. The van der Waals surface area contributed by atoms with Gasteiger partial charge in [0.1, 0.15) is 5.75 Å². The topological polar surface area (TPSA) is 89.3 Å². The highest BCUT2D eigenvalue weighted by atomic mass is 16.5. The van der Waals surface area contributed by atoms with E-state index in [4.69, 9.17) is 9.26 Å². The Morgan fingerprint density at radius 2 is 2.04 bits per heavy atom. The lowest BCUT2D eigenvalue weighted by atomic mass is 10.0. The van der Waals surface area contributed by atoms with Crippen LogP contribution in [0.4, 0.5) is 10.5 Å². The standard InChI is InChI=1S/C18H18N4O3/c1-12-20-17(25-22-12)11-19-18(23)21-14-7-5-6-13(10-14)15-8-3-4-9-16(15)24-2/h3-10H,11H2,1-2H3,(H2,19,21,23). The minimum atomic E-state index is -0.354. The number of carbonyl (C=O) groups is 1. The molecule has 0 atom stereocenters. The van der Waals surface area contributed by atoms with Crippen LogP contribution in [-0.2, 0) is 6.54 Å². The lowest BCUT2D eigenvalue weighted by molar-refractivity contribution is 0.249. The van der Waals surface area contributed by atoms with Gasteiger partial charge in [-0.15, -0.1) is 0 Å². The number of rotatable bonds is 5. The van der Waals surface area contributed by atoms with E-state index in [0.717, 1.165) is 16.9 Å². The van der Waals surface area contributed by atoms with E-state index in [2.05, 4.69) is 20.8 Å². The van der Waals surface area contributed by atoms with E-state index in [1.165, 1.54) is 0 Å². The van der Waals surface area contributed by atoms with Crippen LogP contribution in [0.5, 0.6) is 5.75 Å². The van der Waals surface area contributed by atoms with Gasteiger partial charge in [-0.2, -0.15) is 4.98 Å². The van der Waals surface area contributed by atoms with Crippen LogP contribution >= 0.6 is 0 Å². The molecule has 2 aromatic carbocycles. The number of aryl methyl sites for hydroxylation is 1. The predicted molar refractivity (Wildman–Crippen MR) is 93.3 cm³/mol. The molecule has 0 aliphatic heterocycles. The van der Waals surface area contributed by atoms with E-state index in [0.29, 0.717) is 17.4 Å². The number of amides is 2. The van der Waals surface area contributed by atoms with E-state index >= 15 is 0 Å². The second kappa shape index (κ2) is 7.48. The summed E-state index contributed by atoms with van der Waals surface area (Å²) in [7, 11) is 1.63. The zero-order valence-electron chi connectivity index (χ0n) is 13.9. The molecule has 0 radical (unpaired) electrons. The highest BCUT2D eigenvalue weighted by molar-refractivity contribution is 5.90. The third kappa shape index (κ3) is 4.14. The number of benzene rings is 2. The van der Waals surface area contributed by atoms with Gasteiger partial charge in [-0.05, 0) is 30.7 Å². The zero-order chi connectivity index (χ0) is 17.6. The molecule has 0 aliphatic rings. The monoisotopic (exact) mass is 338 g/mol. The Morgan fingerprint density at radius 1 is 1.20 bits per heavy atom. The number of anilines is 1. The van der Waals surface area contributed by atoms with Gasteiger partial charge in [-0.1, -0.05) is 35.5 Å². The molecule has 128 valence electrons. The van der Waals surface area contributed by atoms with Crippen molar-refractivity contribution < 1.29 is 14.1 Å². The Bertz CT molecular complexity index is 876. The fourth-order valence-electron chi connectivity index (χ4n) is 2.39. The Hall–Kier alpha value is -3.35. The molecule has 0 bridgehead atoms. The number of carbonyl (C=O) groups excluding carboxylic acids is 1. The van der Waals surface area contributed by atoms with Crippen molar-refractivity contribution in [3.8, 4) is 16.9 Å². The summed E-state index contributed by atoms with van der Waals surface area (Å²) in [5.74, 6) is 1.66. The molecule has 25 heavy (non-hydrogen) atoms. The number of para-hydroxylation sites is 1. The van der Waals surface area contributed by atoms with Crippen molar-refractivity contribution in [2.75, 3.05) is 12.4 Å². The van der Waals surface area contributed by atoms with Crippen LogP contribution in [-0.4, -0.2) is 23.3 Å². The second-order valence-electron chi connectivity index (χ2n) is 5.32. The van der Waals surface area contributed by atoms with Crippen molar-refractivity contribution in [3.63, 3.8) is 0 Å². The molecule has 1 heterocycles. The molecule has 0 spiro atoms. The quantitative estimate of drug-likeness (QED) is 0.744. The number of methoxy groups -OCH3 is 1. The molecule has 3 aromatic rings. The van der Waals surface area contributed by atoms with Crippen LogP contribution in [0.15, 0.2) is 53.1 Å². The van der Waals surface area contributed by atoms with Crippen molar-refractivity contribution >= 4 is 11.7 Å². The number of aromatic nitrogens is 2. The average molecular weight is 338 g/mol. The number of hydrogen-bond donors (Lipinski definition) is 2. The van der Waals surface area contributed by atoms with E-state index in [1.807, 2.05) is 48.5 Å². The maximum atomic E-state index is 12.0. The van der Waals surface area contributed by atoms with Gasteiger partial charge in [-0.3, -0.25) is 0 Å². The summed E-state index contributed by atoms with van der Waals surface area (Å²) in [6.45, 7) is 1.88. The number of nitrogens with one attached hydrogen (secondary N) is 2. The van der Waals surface area contributed by atoms with Crippen molar-refractivity contribution in [3.05, 3.63) is 60.2 Å². The van der Waals surface area contributed by atoms with Crippen LogP contribution in [0, 0.1) is 6.92 Å². The summed E-state index contributed by atoms with van der Waals surface area (Å²) in [6.07, 6.45) is 0. The van der Waals surface area contributed by atoms with Gasteiger partial charge in [0.15, 0.2) is 5.82 Å². The maximum Gasteiger partial charge on any atom is 0.319 e. The first-order chi connectivity index (χ1) is 12.2. The third-order valence-corrected chi connectivity index (χ3v) is 3.51. The summed E-state index contributed by atoms with van der Waals surface area (Å²) < 4.78 is 10.3. The molecule has 2 N–H and O–H groups in total. The largest absolute Gasteiger partial charge is 0.496 e. The first-order valence-electron chi connectivity index (χ1n) is 7.73. The Morgan fingerprint density at radius 3 is 2.80 bits per heavy atom. The minimum absolute atomic E-state index is 0.166. The molecule has 7 heteroatoms. The minimum Gasteiger partial charge on any atom is -0.496 e. The van der Waals surface area contributed by atoms with Crippen LogP contribution in [0.2, 0.25) is 0 Å². The van der Waals surface area contributed by atoms with Gasteiger partial charge in [0, 0.05) is 11.3 Å². The summed E-state index contributed by atoms with van der Waals surface area (Å²) in [4.78, 5) is 16.1. The van der Waals surface area contributed by atoms with Gasteiger partial charge < -0.3 is 19.9 Å². The number of hydrogen-bond acceptors (Lipinski definition) is 5. The molecular formula is C18H18N4O3. The molecule has 0 fully saturated rings. The second-order valence-corrected chi connectivity index (χ2v) is 5.32. The summed E-state index contributed by atoms with van der Waals surface area (Å²) in [5, 5.41) is 9.13. The lowest BCUT2D eigenvalue weighted by Gasteiger charge is -2.11. The van der Waals surface area contributed by atoms with E-state index in [9.17, 15) is 4.79 Å². The van der Waals surface area contributed by atoms with E-state index in [-0.39, 0.29) is 12.6 Å². The van der Waals surface area contributed by atoms with Crippen LogP contribution in [0.25, 0.3) is 11.1 Å². The third-order valence-electron chi connectivity index (χ3n) is 3.51. The number of urea groups is 1. The Balaban J connectivity index is 1.68. The van der Waals surface area contributed by atoms with Crippen LogP contribution in [0.1, 0.15) is 11.7 Å². The summed E-state index contributed by atoms with van der Waals surface area (Å²) in [5.41, 5.74) is 2.57. The highest BCUT2D eigenvalue weighted by Crippen LogP contribution is 2.30. The first kappa shape index (κ1) is 16.5. The van der Waals surface area contributed by atoms with Crippen molar-refractivity contribution in [1.82, 2.24) is 15.5 Å². The average Bonchev–Trinajstić information content (AvgIpc) is 3.05. The van der Waals surface area contributed by atoms with Gasteiger partial charge in [0.25, 0.3) is 0 Å². The fraction of sp³-hybridized carbons (Fsp3) is 0.167. The van der Waals surface area contributed by atoms with E-state index < -0.39 is 0 Å². The van der Waals surface area contributed by atoms with Crippen molar-refractivity contribution in [2.24, 2.45) is 0 Å². The molecule has 0 aliphatic carbocycles. The number of ether oxygens (including phenoxy) is 1. The molecule has 3 rings (SSSR count). The Labute approximate surface area is 145 Å². The first-order valence-corrected chi connectivity index (χ1v) is 7.73. The maximum absolute atomic E-state index is 12.0. The molecule has 2 amide bonds.